The number of benzene rings is 3. The second-order valence-electron chi connectivity index (χ2n) is 7.21. The lowest BCUT2D eigenvalue weighted by Crippen LogP contribution is -2.31. The average Bonchev–Trinajstić information content (AvgIpc) is 2.99. The zero-order valence-corrected chi connectivity index (χ0v) is 15.8. The molecular formula is C23H22F2N2O2. The van der Waals surface area contributed by atoms with Crippen molar-refractivity contribution in [2.24, 2.45) is 0 Å². The second-order valence-corrected chi connectivity index (χ2v) is 7.21. The van der Waals surface area contributed by atoms with E-state index in [0.717, 1.165) is 23.0 Å². The van der Waals surface area contributed by atoms with Crippen molar-refractivity contribution in [2.45, 2.75) is 19.1 Å². The van der Waals surface area contributed by atoms with E-state index in [-0.39, 0.29) is 17.4 Å². The van der Waals surface area contributed by atoms with E-state index in [4.69, 9.17) is 0 Å². The Labute approximate surface area is 167 Å². The van der Waals surface area contributed by atoms with Crippen LogP contribution in [0.2, 0.25) is 0 Å². The molecular weight excluding hydrogens is 374 g/mol. The number of nitrogens with zero attached hydrogens (tertiary/aromatic N) is 1. The maximum Gasteiger partial charge on any atom is 0.123 e. The van der Waals surface area contributed by atoms with Crippen molar-refractivity contribution in [1.29, 1.82) is 0 Å². The fraction of sp³-hybridized carbons (Fsp3) is 0.217. The van der Waals surface area contributed by atoms with E-state index in [1.807, 2.05) is 16.7 Å². The van der Waals surface area contributed by atoms with Gasteiger partial charge in [0.2, 0.25) is 0 Å². The second kappa shape index (κ2) is 8.19. The largest absolute Gasteiger partial charge is 0.508 e. The molecule has 0 spiro atoms. The van der Waals surface area contributed by atoms with Crippen LogP contribution in [0, 0.1) is 11.6 Å². The molecule has 6 heteroatoms. The molecule has 4 rings (SSSR count). The number of halogens is 2. The molecule has 1 unspecified atom stereocenters. The minimum absolute atomic E-state index is 0.239. The first-order chi connectivity index (χ1) is 14.0. The predicted molar refractivity (Wildman–Crippen MR) is 110 cm³/mol. The van der Waals surface area contributed by atoms with Crippen LogP contribution in [-0.4, -0.2) is 34.0 Å². The quantitative estimate of drug-likeness (QED) is 0.414. The van der Waals surface area contributed by atoms with Gasteiger partial charge in [0.15, 0.2) is 0 Å². The number of rotatable bonds is 7. The number of nitrogens with one attached hydrogen (secondary N) is 1. The Balaban J connectivity index is 1.46. The molecule has 3 N–H and O–H groups in total. The predicted octanol–water partition coefficient (Wildman–Crippen LogP) is 3.97. The number of phenolic OH excluding ortho intramolecular Hbond substituents is 1. The normalized spacial score (nSPS) is 12.7. The van der Waals surface area contributed by atoms with Gasteiger partial charge in [0, 0.05) is 28.4 Å². The first-order valence-electron chi connectivity index (χ1n) is 9.55. The molecule has 0 aliphatic rings. The third kappa shape index (κ3) is 4.23. The molecule has 150 valence electrons. The van der Waals surface area contributed by atoms with Crippen LogP contribution in [-0.2, 0) is 13.0 Å². The maximum atomic E-state index is 13.7. The lowest BCUT2D eigenvalue weighted by molar-refractivity contribution is 0.154. The van der Waals surface area contributed by atoms with Crippen molar-refractivity contribution in [1.82, 2.24) is 9.88 Å². The topological polar surface area (TPSA) is 57.4 Å². The number of phenols is 1. The Morgan fingerprint density at radius 3 is 2.03 bits per heavy atom. The van der Waals surface area contributed by atoms with Gasteiger partial charge in [-0.2, -0.15) is 0 Å². The van der Waals surface area contributed by atoms with Crippen LogP contribution < -0.4 is 5.32 Å². The molecule has 0 saturated carbocycles. The highest BCUT2D eigenvalue weighted by Crippen LogP contribution is 2.30. The minimum atomic E-state index is -0.663. The van der Waals surface area contributed by atoms with Gasteiger partial charge in [-0.25, -0.2) is 8.78 Å². The summed E-state index contributed by atoms with van der Waals surface area (Å²) in [5, 5.41) is 24.3. The smallest absolute Gasteiger partial charge is 0.123 e. The van der Waals surface area contributed by atoms with Gasteiger partial charge in [-0.05, 0) is 67.1 Å². The zero-order valence-electron chi connectivity index (χ0n) is 15.8. The van der Waals surface area contributed by atoms with Crippen LogP contribution in [0.5, 0.6) is 5.75 Å². The molecule has 4 nitrogen and oxygen atoms in total. The Hall–Kier alpha value is -2.96. The summed E-state index contributed by atoms with van der Waals surface area (Å²) >= 11 is 0. The van der Waals surface area contributed by atoms with Crippen LogP contribution in [0.3, 0.4) is 0 Å². The first kappa shape index (κ1) is 19.4. The number of aliphatic hydroxyl groups is 1. The molecule has 0 aliphatic heterocycles. The Kier molecular flexibility index (Phi) is 5.47. The number of hydrogen-bond donors (Lipinski definition) is 3. The van der Waals surface area contributed by atoms with Gasteiger partial charge in [-0.15, -0.1) is 0 Å². The standard InChI is InChI=1S/C23H22F2N2O2/c24-16-3-7-22-20(11-16)21-12-17(25)4-8-23(21)27(22)14-19(29)13-26-10-9-15-1-5-18(28)6-2-15/h1-8,11-12,19,26,28-29H,9-10,13-14H2. The third-order valence-electron chi connectivity index (χ3n) is 5.09. The summed E-state index contributed by atoms with van der Waals surface area (Å²) in [5.74, 6) is -0.516. The summed E-state index contributed by atoms with van der Waals surface area (Å²) in [5.41, 5.74) is 2.61. The summed E-state index contributed by atoms with van der Waals surface area (Å²) in [6, 6.07) is 15.9. The Morgan fingerprint density at radius 2 is 1.45 bits per heavy atom. The molecule has 0 saturated heterocycles. The highest BCUT2D eigenvalue weighted by molar-refractivity contribution is 6.08. The third-order valence-corrected chi connectivity index (χ3v) is 5.09. The Bertz CT molecular complexity index is 1080. The van der Waals surface area contributed by atoms with Crippen LogP contribution in [0.1, 0.15) is 5.56 Å². The van der Waals surface area contributed by atoms with E-state index in [1.54, 1.807) is 24.3 Å². The van der Waals surface area contributed by atoms with Crippen LogP contribution in [0.15, 0.2) is 60.7 Å². The number of fused-ring (bicyclic) bond motifs is 3. The molecule has 0 amide bonds. The van der Waals surface area contributed by atoms with Crippen molar-refractivity contribution in [2.75, 3.05) is 13.1 Å². The first-order valence-corrected chi connectivity index (χ1v) is 9.55. The van der Waals surface area contributed by atoms with Gasteiger partial charge in [0.25, 0.3) is 0 Å². The molecule has 0 radical (unpaired) electrons. The molecule has 0 bridgehead atoms. The fourth-order valence-electron chi connectivity index (χ4n) is 3.68. The Morgan fingerprint density at radius 1 is 0.862 bits per heavy atom. The highest BCUT2D eigenvalue weighted by Gasteiger charge is 2.15. The molecule has 3 aromatic carbocycles. The van der Waals surface area contributed by atoms with E-state index in [9.17, 15) is 19.0 Å². The van der Waals surface area contributed by atoms with Crippen molar-refractivity contribution < 1.29 is 19.0 Å². The summed E-state index contributed by atoms with van der Waals surface area (Å²) in [6.45, 7) is 1.39. The SMILES string of the molecule is Oc1ccc(CCNCC(O)Cn2c3ccc(F)cc3c3cc(F)ccc32)cc1. The lowest BCUT2D eigenvalue weighted by atomic mass is 10.1. The van der Waals surface area contributed by atoms with Gasteiger partial charge in [-0.3, -0.25) is 0 Å². The maximum absolute atomic E-state index is 13.7. The summed E-state index contributed by atoms with van der Waals surface area (Å²) in [4.78, 5) is 0. The molecule has 1 heterocycles. The van der Waals surface area contributed by atoms with Gasteiger partial charge < -0.3 is 20.1 Å². The van der Waals surface area contributed by atoms with Gasteiger partial charge in [-0.1, -0.05) is 12.1 Å². The van der Waals surface area contributed by atoms with E-state index in [0.29, 0.717) is 30.4 Å². The van der Waals surface area contributed by atoms with Crippen molar-refractivity contribution in [3.05, 3.63) is 77.9 Å². The number of aromatic hydroxyl groups is 1. The number of aliphatic hydroxyl groups excluding tert-OH is 1. The molecule has 0 fully saturated rings. The van der Waals surface area contributed by atoms with Gasteiger partial charge in [0.05, 0.1) is 12.6 Å². The van der Waals surface area contributed by atoms with Crippen molar-refractivity contribution in [3.8, 4) is 5.75 Å². The summed E-state index contributed by atoms with van der Waals surface area (Å²) in [6.07, 6.45) is 0.115. The number of hydrogen-bond acceptors (Lipinski definition) is 3. The highest BCUT2D eigenvalue weighted by atomic mass is 19.1. The van der Waals surface area contributed by atoms with Crippen LogP contribution in [0.4, 0.5) is 8.78 Å². The number of aromatic nitrogens is 1. The van der Waals surface area contributed by atoms with E-state index >= 15 is 0 Å². The summed E-state index contributed by atoms with van der Waals surface area (Å²) in [7, 11) is 0. The van der Waals surface area contributed by atoms with E-state index < -0.39 is 6.10 Å². The summed E-state index contributed by atoms with van der Waals surface area (Å²) < 4.78 is 29.4. The fourth-order valence-corrected chi connectivity index (χ4v) is 3.68. The minimum Gasteiger partial charge on any atom is -0.508 e. The van der Waals surface area contributed by atoms with E-state index in [1.165, 1.54) is 24.3 Å². The van der Waals surface area contributed by atoms with Crippen LogP contribution >= 0.6 is 0 Å². The van der Waals surface area contributed by atoms with Crippen LogP contribution in [0.25, 0.3) is 21.8 Å². The molecule has 4 aromatic rings. The zero-order chi connectivity index (χ0) is 20.4. The van der Waals surface area contributed by atoms with Gasteiger partial charge >= 0.3 is 0 Å². The molecule has 0 aliphatic carbocycles. The average molecular weight is 396 g/mol. The lowest BCUT2D eigenvalue weighted by Gasteiger charge is -2.15. The van der Waals surface area contributed by atoms with Gasteiger partial charge in [0.1, 0.15) is 17.4 Å². The molecule has 1 aromatic heterocycles. The van der Waals surface area contributed by atoms with E-state index in [2.05, 4.69) is 5.32 Å². The molecule has 29 heavy (non-hydrogen) atoms. The monoisotopic (exact) mass is 396 g/mol. The molecule has 1 atom stereocenters. The van der Waals surface area contributed by atoms with Crippen molar-refractivity contribution >= 4 is 21.8 Å². The van der Waals surface area contributed by atoms with Crippen molar-refractivity contribution in [3.63, 3.8) is 0 Å².